The van der Waals surface area contributed by atoms with Crippen LogP contribution in [0, 0.1) is 0 Å². The van der Waals surface area contributed by atoms with Crippen molar-refractivity contribution < 1.29 is 23.1 Å². The molecule has 12 heteroatoms. The predicted molar refractivity (Wildman–Crippen MR) is 122 cm³/mol. The molecule has 1 saturated heterocycles. The third-order valence-electron chi connectivity index (χ3n) is 5.94. The molecular formula is C23H23F2N7O3. The van der Waals surface area contributed by atoms with Gasteiger partial charge in [0.15, 0.2) is 11.6 Å². The molecule has 5 rings (SSSR count). The van der Waals surface area contributed by atoms with Gasteiger partial charge in [0.05, 0.1) is 25.0 Å². The Labute approximate surface area is 199 Å². The van der Waals surface area contributed by atoms with Crippen molar-refractivity contribution in [2.24, 2.45) is 0 Å². The first kappa shape index (κ1) is 22.7. The predicted octanol–water partition coefficient (Wildman–Crippen LogP) is 1.72. The number of hydrogen-bond donors (Lipinski definition) is 1. The third-order valence-corrected chi connectivity index (χ3v) is 5.94. The molecule has 35 heavy (non-hydrogen) atoms. The van der Waals surface area contributed by atoms with Gasteiger partial charge in [0.25, 0.3) is 17.7 Å². The number of rotatable bonds is 5. The Morgan fingerprint density at radius 3 is 2.80 bits per heavy atom. The zero-order chi connectivity index (χ0) is 24.6. The van der Waals surface area contributed by atoms with Crippen LogP contribution in [0.5, 0.6) is 5.75 Å². The number of amides is 2. The molecule has 0 bridgehead atoms. The quantitative estimate of drug-likeness (QED) is 0.589. The summed E-state index contributed by atoms with van der Waals surface area (Å²) in [6.07, 6.45) is 2.66. The van der Waals surface area contributed by atoms with Crippen molar-refractivity contribution in [1.82, 2.24) is 25.1 Å². The van der Waals surface area contributed by atoms with Crippen LogP contribution in [0.3, 0.4) is 0 Å². The summed E-state index contributed by atoms with van der Waals surface area (Å²) >= 11 is 0. The first-order chi connectivity index (χ1) is 16.8. The summed E-state index contributed by atoms with van der Waals surface area (Å²) in [5.41, 5.74) is 1.48. The molecule has 2 aliphatic rings. The number of ether oxygens (including phenoxy) is 1. The summed E-state index contributed by atoms with van der Waals surface area (Å²) in [4.78, 5) is 36.8. The summed E-state index contributed by atoms with van der Waals surface area (Å²) in [5.74, 6) is -3.37. The first-order valence-electron chi connectivity index (χ1n) is 11.1. The Hall–Kier alpha value is -4.09. The maximum Gasteiger partial charge on any atom is 0.291 e. The number of carbonyl (C=O) groups is 2. The number of anilines is 2. The van der Waals surface area contributed by atoms with Gasteiger partial charge in [0.2, 0.25) is 5.82 Å². The van der Waals surface area contributed by atoms with Gasteiger partial charge in [0.1, 0.15) is 19.0 Å². The van der Waals surface area contributed by atoms with E-state index in [0.29, 0.717) is 12.2 Å². The van der Waals surface area contributed by atoms with E-state index in [1.807, 2.05) is 30.3 Å². The maximum absolute atomic E-state index is 13.6. The minimum atomic E-state index is -2.75. The van der Waals surface area contributed by atoms with Gasteiger partial charge in [-0.1, -0.05) is 30.3 Å². The maximum atomic E-state index is 13.6. The van der Waals surface area contributed by atoms with E-state index in [2.05, 4.69) is 20.4 Å². The van der Waals surface area contributed by atoms with Crippen LogP contribution in [-0.2, 0) is 11.3 Å². The molecule has 4 heterocycles. The molecule has 2 aliphatic heterocycles. The number of fused-ring (bicyclic) bond motifs is 1. The molecule has 182 valence electrons. The average Bonchev–Trinajstić information content (AvgIpc) is 3.44. The summed E-state index contributed by atoms with van der Waals surface area (Å²) in [5, 5.41) is 6.81. The normalized spacial score (nSPS) is 19.2. The number of alkyl halides is 2. The number of benzene rings is 1. The average molecular weight is 483 g/mol. The zero-order valence-electron chi connectivity index (χ0n) is 18.9. The summed E-state index contributed by atoms with van der Waals surface area (Å²) in [7, 11) is 1.51. The Kier molecular flexibility index (Phi) is 5.79. The molecule has 0 unspecified atom stereocenters. The minimum Gasteiger partial charge on any atom is -0.487 e. The Balaban J connectivity index is 1.27. The number of pyridine rings is 1. The molecule has 0 radical (unpaired) electrons. The summed E-state index contributed by atoms with van der Waals surface area (Å²) in [6.45, 7) is 0.0885. The number of likely N-dealkylation sites (N-methyl/N-ethyl adjacent to an activating group) is 1. The highest BCUT2D eigenvalue weighted by Crippen LogP contribution is 2.36. The lowest BCUT2D eigenvalue weighted by Crippen LogP contribution is -2.49. The number of nitrogens with zero attached hydrogens (tertiary/aromatic N) is 6. The fourth-order valence-electron chi connectivity index (χ4n) is 4.07. The van der Waals surface area contributed by atoms with E-state index in [4.69, 9.17) is 4.74 Å². The lowest BCUT2D eigenvalue weighted by molar-refractivity contribution is -0.120. The van der Waals surface area contributed by atoms with Crippen LogP contribution in [0.25, 0.3) is 0 Å². The smallest absolute Gasteiger partial charge is 0.291 e. The topological polar surface area (TPSA) is 105 Å². The van der Waals surface area contributed by atoms with Crippen molar-refractivity contribution in [3.05, 3.63) is 60.3 Å². The van der Waals surface area contributed by atoms with E-state index in [1.54, 1.807) is 6.07 Å². The number of carbonyl (C=O) groups excluding carboxylic acids is 2. The van der Waals surface area contributed by atoms with E-state index in [-0.39, 0.29) is 37.0 Å². The Bertz CT molecular complexity index is 1250. The molecule has 0 aliphatic carbocycles. The monoisotopic (exact) mass is 483 g/mol. The number of hydrogen-bond acceptors (Lipinski definition) is 7. The van der Waals surface area contributed by atoms with Gasteiger partial charge in [-0.15, -0.1) is 5.10 Å². The lowest BCUT2D eigenvalue weighted by Gasteiger charge is -2.21. The van der Waals surface area contributed by atoms with Gasteiger partial charge >= 0.3 is 0 Å². The van der Waals surface area contributed by atoms with Gasteiger partial charge in [-0.3, -0.25) is 14.5 Å². The van der Waals surface area contributed by atoms with Crippen molar-refractivity contribution in [3.63, 3.8) is 0 Å². The van der Waals surface area contributed by atoms with Gasteiger partial charge in [-0.25, -0.2) is 23.4 Å². The number of halogens is 2. The SMILES string of the molecule is CN1C(=O)[C@@H](NC(=O)c2ncn(Cc3ccccc3)n2)COc2cc(N3CCC(F)(F)C3)cnc21. The molecule has 1 fully saturated rings. The highest BCUT2D eigenvalue weighted by molar-refractivity contribution is 6.01. The van der Waals surface area contributed by atoms with E-state index in [9.17, 15) is 18.4 Å². The lowest BCUT2D eigenvalue weighted by atomic mass is 10.2. The van der Waals surface area contributed by atoms with Gasteiger partial charge < -0.3 is 15.0 Å². The second-order valence-electron chi connectivity index (χ2n) is 8.53. The second-order valence-corrected chi connectivity index (χ2v) is 8.53. The second kappa shape index (κ2) is 8.93. The van der Waals surface area contributed by atoms with Gasteiger partial charge in [-0.05, 0) is 5.56 Å². The molecule has 0 spiro atoms. The minimum absolute atomic E-state index is 0.0754. The van der Waals surface area contributed by atoms with Crippen LogP contribution in [-0.4, -0.2) is 70.3 Å². The fraction of sp³-hybridized carbons (Fsp3) is 0.348. The number of nitrogens with one attached hydrogen (secondary N) is 1. The Morgan fingerprint density at radius 1 is 1.26 bits per heavy atom. The van der Waals surface area contributed by atoms with E-state index in [1.165, 1.54) is 34.1 Å². The largest absolute Gasteiger partial charge is 0.487 e. The molecule has 0 saturated carbocycles. The van der Waals surface area contributed by atoms with Crippen molar-refractivity contribution >= 4 is 23.3 Å². The van der Waals surface area contributed by atoms with Crippen LogP contribution in [0.4, 0.5) is 20.3 Å². The molecular weight excluding hydrogens is 460 g/mol. The van der Waals surface area contributed by atoms with Gasteiger partial charge in [0, 0.05) is 26.1 Å². The first-order valence-corrected chi connectivity index (χ1v) is 11.1. The molecule has 1 N–H and O–H groups in total. The third kappa shape index (κ3) is 4.77. The van der Waals surface area contributed by atoms with Crippen molar-refractivity contribution in [1.29, 1.82) is 0 Å². The van der Waals surface area contributed by atoms with Crippen molar-refractivity contribution in [3.8, 4) is 5.75 Å². The molecule has 1 aromatic carbocycles. The van der Waals surface area contributed by atoms with Gasteiger partial charge in [-0.2, -0.15) is 0 Å². The Morgan fingerprint density at radius 2 is 2.06 bits per heavy atom. The van der Waals surface area contributed by atoms with E-state index in [0.717, 1.165) is 5.56 Å². The van der Waals surface area contributed by atoms with Crippen LogP contribution >= 0.6 is 0 Å². The zero-order valence-corrected chi connectivity index (χ0v) is 18.9. The van der Waals surface area contributed by atoms with E-state index >= 15 is 0 Å². The molecule has 3 aromatic rings. The molecule has 10 nitrogen and oxygen atoms in total. The summed E-state index contributed by atoms with van der Waals surface area (Å²) in [6, 6.07) is 10.2. The molecule has 2 aromatic heterocycles. The standard InChI is InChI=1S/C23H23F2N7O3/c1-30-20-18(9-16(10-26-20)31-8-7-23(24,25)13-31)35-12-17(22(30)34)28-21(33)19-27-14-32(29-19)11-15-5-3-2-4-6-15/h2-6,9-10,14,17H,7-8,11-13H2,1H3,(H,28,33)/t17-/m0/s1. The number of aromatic nitrogens is 4. The highest BCUT2D eigenvalue weighted by atomic mass is 19.3. The van der Waals surface area contributed by atoms with Crippen LogP contribution < -0.4 is 19.9 Å². The molecule has 2 amide bonds. The van der Waals surface area contributed by atoms with Crippen molar-refractivity contribution in [2.75, 3.05) is 36.5 Å². The van der Waals surface area contributed by atoms with Crippen LogP contribution in [0.2, 0.25) is 0 Å². The van der Waals surface area contributed by atoms with Crippen molar-refractivity contribution in [2.45, 2.75) is 24.9 Å². The highest BCUT2D eigenvalue weighted by Gasteiger charge is 2.39. The summed E-state index contributed by atoms with van der Waals surface area (Å²) < 4.78 is 34.6. The molecule has 1 atom stereocenters. The fourth-order valence-corrected chi connectivity index (χ4v) is 4.07. The van der Waals surface area contributed by atoms with Crippen LogP contribution in [0.1, 0.15) is 22.6 Å². The van der Waals surface area contributed by atoms with E-state index < -0.39 is 30.3 Å². The van der Waals surface area contributed by atoms with Crippen LogP contribution in [0.15, 0.2) is 48.9 Å².